The van der Waals surface area contributed by atoms with Crippen LogP contribution in [0, 0.1) is 0 Å². The van der Waals surface area contributed by atoms with E-state index in [0.717, 1.165) is 0 Å². The fourth-order valence-corrected chi connectivity index (χ4v) is 0.263. The second kappa shape index (κ2) is 7.00. The molecular weight excluding hydrogens is 144 g/mol. The summed E-state index contributed by atoms with van der Waals surface area (Å²) in [6.07, 6.45) is 0.480. The zero-order valence-electron chi connectivity index (χ0n) is 5.14. The second-order valence-electron chi connectivity index (χ2n) is 1.16. The van der Waals surface area contributed by atoms with Gasteiger partial charge in [0.2, 0.25) is 0 Å². The van der Waals surface area contributed by atoms with Crippen molar-refractivity contribution in [2.24, 2.45) is 0 Å². The zero-order chi connectivity index (χ0) is 5.70. The van der Waals surface area contributed by atoms with E-state index in [1.165, 1.54) is 0 Å². The van der Waals surface area contributed by atoms with Crippen LogP contribution in [0.25, 0.3) is 0 Å². The van der Waals surface area contributed by atoms with Crippen LogP contribution in [0.3, 0.4) is 0 Å². The van der Waals surface area contributed by atoms with Gasteiger partial charge in [-0.25, -0.2) is 0 Å². The molecule has 45 valence electrons. The first-order chi connectivity index (χ1) is 3.31. The molecule has 0 aromatic heterocycles. The van der Waals surface area contributed by atoms with Crippen molar-refractivity contribution in [2.45, 2.75) is 20.3 Å². The van der Waals surface area contributed by atoms with Gasteiger partial charge in [-0.3, -0.25) is 4.79 Å². The Morgan fingerprint density at radius 3 is 2.12 bits per heavy atom. The van der Waals surface area contributed by atoms with Crippen molar-refractivity contribution in [1.29, 1.82) is 0 Å². The van der Waals surface area contributed by atoms with Gasteiger partial charge in [0.1, 0.15) is 0 Å². The van der Waals surface area contributed by atoms with Crippen molar-refractivity contribution in [3.8, 4) is 0 Å². The molecule has 0 N–H and O–H groups in total. The Bertz CT molecular complexity index is 63.4. The molecule has 0 fully saturated rings. The van der Waals surface area contributed by atoms with Crippen LogP contribution in [0.2, 0.25) is 0 Å². The van der Waals surface area contributed by atoms with Crippen LogP contribution in [0.5, 0.6) is 0 Å². The minimum Gasteiger partial charge on any atom is -0.466 e. The summed E-state index contributed by atoms with van der Waals surface area (Å²) in [6.45, 7) is 4.07. The maximum absolute atomic E-state index is 10.2. The van der Waals surface area contributed by atoms with Gasteiger partial charge in [-0.15, -0.1) is 0 Å². The van der Waals surface area contributed by atoms with Gasteiger partial charge in [0.15, 0.2) is 0 Å². The van der Waals surface area contributed by atoms with Gasteiger partial charge < -0.3 is 4.74 Å². The topological polar surface area (TPSA) is 26.3 Å². The largest absolute Gasteiger partial charge is 3.00 e. The first-order valence-electron chi connectivity index (χ1n) is 2.46. The molecule has 0 amide bonds. The maximum atomic E-state index is 10.2. The minimum absolute atomic E-state index is 0. The molecule has 0 aliphatic rings. The van der Waals surface area contributed by atoms with Crippen molar-refractivity contribution in [1.82, 2.24) is 0 Å². The van der Waals surface area contributed by atoms with Gasteiger partial charge in [0.25, 0.3) is 0 Å². The fraction of sp³-hybridized carbons (Fsp3) is 0.800. The van der Waals surface area contributed by atoms with Crippen LogP contribution in [0.1, 0.15) is 20.3 Å². The zero-order valence-corrected chi connectivity index (χ0v) is 6.41. The summed E-state index contributed by atoms with van der Waals surface area (Å²) in [7, 11) is 0. The molecule has 0 aliphatic carbocycles. The van der Waals surface area contributed by atoms with Crippen molar-refractivity contribution < 1.29 is 26.9 Å². The summed E-state index contributed by atoms with van der Waals surface area (Å²) >= 11 is 0. The van der Waals surface area contributed by atoms with Crippen LogP contribution >= 0.6 is 0 Å². The Morgan fingerprint density at radius 1 is 1.50 bits per heavy atom. The van der Waals surface area contributed by atoms with Crippen molar-refractivity contribution in [2.75, 3.05) is 6.61 Å². The fourth-order valence-electron chi connectivity index (χ4n) is 0.263. The van der Waals surface area contributed by atoms with E-state index in [9.17, 15) is 4.79 Å². The normalized spacial score (nSPS) is 7.25. The molecule has 8 heavy (non-hydrogen) atoms. The van der Waals surface area contributed by atoms with Crippen LogP contribution in [-0.4, -0.2) is 12.6 Å². The third kappa shape index (κ3) is 6.00. The second-order valence-corrected chi connectivity index (χ2v) is 1.16. The molecule has 0 unspecified atom stereocenters. The molecule has 0 aliphatic heterocycles. The standard InChI is InChI=1S/C5H10O2.Cr/c1-3-5(6)7-4-2;/h3-4H2,1-2H3;/q;+3. The minimum atomic E-state index is -0.123. The van der Waals surface area contributed by atoms with Gasteiger partial charge in [-0.1, -0.05) is 6.92 Å². The van der Waals surface area contributed by atoms with E-state index >= 15 is 0 Å². The van der Waals surface area contributed by atoms with Crippen molar-refractivity contribution in [3.63, 3.8) is 0 Å². The van der Waals surface area contributed by atoms with Crippen LogP contribution in [0.15, 0.2) is 0 Å². The summed E-state index contributed by atoms with van der Waals surface area (Å²) in [6, 6.07) is 0. The molecule has 0 spiro atoms. The molecule has 0 rings (SSSR count). The quantitative estimate of drug-likeness (QED) is 0.553. The number of rotatable bonds is 2. The van der Waals surface area contributed by atoms with Gasteiger partial charge in [-0.2, -0.15) is 0 Å². The average molecular weight is 154 g/mol. The first kappa shape index (κ1) is 10.9. The summed E-state index contributed by atoms with van der Waals surface area (Å²) in [5, 5.41) is 0. The van der Waals surface area contributed by atoms with Gasteiger partial charge >= 0.3 is 23.3 Å². The summed E-state index contributed by atoms with van der Waals surface area (Å²) in [5.74, 6) is -0.123. The number of esters is 1. The van der Waals surface area contributed by atoms with Crippen molar-refractivity contribution >= 4 is 5.97 Å². The number of hydrogen-bond acceptors (Lipinski definition) is 2. The molecule has 0 atom stereocenters. The molecule has 1 radical (unpaired) electrons. The van der Waals surface area contributed by atoms with E-state index in [-0.39, 0.29) is 23.3 Å². The smallest absolute Gasteiger partial charge is 0.466 e. The number of carbonyl (C=O) groups is 1. The number of carbonyl (C=O) groups excluding carboxylic acids is 1. The summed E-state index contributed by atoms with van der Waals surface area (Å²) in [5.41, 5.74) is 0. The molecule has 0 saturated heterocycles. The molecule has 2 nitrogen and oxygen atoms in total. The van der Waals surface area contributed by atoms with Crippen LogP contribution in [-0.2, 0) is 26.9 Å². The SMILES string of the molecule is CCOC(=O)CC.[Cr+3]. The van der Waals surface area contributed by atoms with Crippen LogP contribution in [0.4, 0.5) is 0 Å². The average Bonchev–Trinajstić information content (AvgIpc) is 1.68. The Balaban J connectivity index is 0. The Kier molecular flexibility index (Phi) is 9.53. The van der Waals surface area contributed by atoms with Crippen LogP contribution < -0.4 is 0 Å². The molecule has 0 bridgehead atoms. The third-order valence-corrected chi connectivity index (χ3v) is 0.594. The Hall–Kier alpha value is 0.00247. The van der Waals surface area contributed by atoms with E-state index < -0.39 is 0 Å². The van der Waals surface area contributed by atoms with Gasteiger partial charge in [-0.05, 0) is 6.92 Å². The Morgan fingerprint density at radius 2 is 2.00 bits per heavy atom. The number of ether oxygens (including phenoxy) is 1. The molecule has 0 saturated carbocycles. The van der Waals surface area contributed by atoms with E-state index in [0.29, 0.717) is 13.0 Å². The predicted octanol–water partition coefficient (Wildman–Crippen LogP) is 0.957. The van der Waals surface area contributed by atoms with E-state index in [1.54, 1.807) is 13.8 Å². The third-order valence-electron chi connectivity index (χ3n) is 0.594. The maximum Gasteiger partial charge on any atom is 3.00 e. The molecule has 3 heteroatoms. The molecule has 0 aromatic carbocycles. The number of hydrogen-bond donors (Lipinski definition) is 0. The molecular formula is C5H10CrO2+3. The monoisotopic (exact) mass is 154 g/mol. The van der Waals surface area contributed by atoms with Crippen molar-refractivity contribution in [3.05, 3.63) is 0 Å². The van der Waals surface area contributed by atoms with E-state index in [2.05, 4.69) is 4.74 Å². The van der Waals surface area contributed by atoms with Gasteiger partial charge in [0, 0.05) is 6.42 Å². The van der Waals surface area contributed by atoms with E-state index in [4.69, 9.17) is 0 Å². The predicted molar refractivity (Wildman–Crippen MR) is 26.9 cm³/mol. The molecule has 0 heterocycles. The Labute approximate surface area is 60.3 Å². The summed E-state index contributed by atoms with van der Waals surface area (Å²) in [4.78, 5) is 10.2. The van der Waals surface area contributed by atoms with Gasteiger partial charge in [0.05, 0.1) is 6.61 Å². The molecule has 0 aromatic rings. The summed E-state index contributed by atoms with van der Waals surface area (Å²) < 4.78 is 4.55. The first-order valence-corrected chi connectivity index (χ1v) is 2.46. The van der Waals surface area contributed by atoms with E-state index in [1.807, 2.05) is 0 Å².